The molecule has 1 aliphatic carbocycles. The van der Waals surface area contributed by atoms with Gasteiger partial charge in [-0.05, 0) is 44.9 Å². The molecule has 2 rings (SSSR count). The van der Waals surface area contributed by atoms with Crippen molar-refractivity contribution >= 4 is 15.3 Å². The van der Waals surface area contributed by atoms with Crippen molar-refractivity contribution in [3.05, 3.63) is 0 Å². The third-order valence-electron chi connectivity index (χ3n) is 4.29. The molecule has 0 N–H and O–H groups in total. The summed E-state index contributed by atoms with van der Waals surface area (Å²) in [5, 5.41) is 0. The van der Waals surface area contributed by atoms with Crippen LogP contribution >= 0.6 is 0 Å². The molecular formula is C15H28O4Si. The number of epoxide rings is 1. The van der Waals surface area contributed by atoms with Crippen LogP contribution in [0.25, 0.3) is 0 Å². The van der Waals surface area contributed by atoms with E-state index >= 15 is 0 Å². The molecule has 2 aliphatic rings. The smallest absolute Gasteiger partial charge is 0.388 e. The van der Waals surface area contributed by atoms with Gasteiger partial charge in [0.05, 0.1) is 12.2 Å². The molecule has 0 aromatic carbocycles. The lowest BCUT2D eigenvalue weighted by molar-refractivity contribution is -0.133. The van der Waals surface area contributed by atoms with E-state index in [1.807, 2.05) is 0 Å². The van der Waals surface area contributed by atoms with Gasteiger partial charge in [-0.15, -0.1) is 0 Å². The maximum Gasteiger partial charge on any atom is 0.388 e. The third kappa shape index (κ3) is 4.86. The molecule has 5 unspecified atom stereocenters. The first-order valence-electron chi connectivity index (χ1n) is 7.93. The Bertz CT molecular complexity index is 334. The first-order valence-corrected chi connectivity index (χ1v) is 9.54. The van der Waals surface area contributed by atoms with Crippen molar-refractivity contribution in [3.63, 3.8) is 0 Å². The van der Waals surface area contributed by atoms with Crippen LogP contribution < -0.4 is 0 Å². The fraction of sp³-hybridized carbons (Fsp3) is 0.933. The normalized spacial score (nSPS) is 31.6. The Hall–Kier alpha value is -0.393. The summed E-state index contributed by atoms with van der Waals surface area (Å²) in [6, 6.07) is 0. The Labute approximate surface area is 124 Å². The van der Waals surface area contributed by atoms with Crippen molar-refractivity contribution in [2.24, 2.45) is 5.92 Å². The van der Waals surface area contributed by atoms with E-state index in [0.29, 0.717) is 17.7 Å². The minimum Gasteiger partial charge on any atom is -0.497 e. The predicted octanol–water partition coefficient (Wildman–Crippen LogP) is 2.93. The minimum absolute atomic E-state index is 0.186. The number of fused-ring (bicyclic) bond motifs is 1. The van der Waals surface area contributed by atoms with Crippen LogP contribution in [0.2, 0.25) is 5.54 Å². The zero-order valence-electron chi connectivity index (χ0n) is 13.1. The van der Waals surface area contributed by atoms with Gasteiger partial charge in [-0.3, -0.25) is 4.79 Å². The molecule has 0 spiro atoms. The summed E-state index contributed by atoms with van der Waals surface area (Å²) in [5.74, 6) is 0.574. The molecule has 0 aromatic rings. The summed E-state index contributed by atoms with van der Waals surface area (Å²) in [6.07, 6.45) is 7.35. The van der Waals surface area contributed by atoms with Gasteiger partial charge in [0.1, 0.15) is 0 Å². The van der Waals surface area contributed by atoms with Crippen molar-refractivity contribution in [1.29, 1.82) is 0 Å². The maximum atomic E-state index is 11.1. The fourth-order valence-electron chi connectivity index (χ4n) is 3.00. The van der Waals surface area contributed by atoms with Crippen LogP contribution in [0.1, 0.15) is 59.8 Å². The molecule has 0 radical (unpaired) electrons. The average Bonchev–Trinajstić information content (AvgIpc) is 3.13. The maximum absolute atomic E-state index is 11.1. The molecule has 4 nitrogen and oxygen atoms in total. The highest BCUT2D eigenvalue weighted by Gasteiger charge is 2.43. The van der Waals surface area contributed by atoms with Crippen LogP contribution in [0.4, 0.5) is 0 Å². The quantitative estimate of drug-likeness (QED) is 0.536. The van der Waals surface area contributed by atoms with Crippen molar-refractivity contribution in [2.45, 2.75) is 83.7 Å². The third-order valence-corrected chi connectivity index (χ3v) is 6.67. The molecule has 1 saturated carbocycles. The summed E-state index contributed by atoms with van der Waals surface area (Å²) < 4.78 is 16.9. The van der Waals surface area contributed by atoms with Crippen LogP contribution in [0.5, 0.6) is 0 Å². The number of carbonyl (C=O) groups excluding carboxylic acids is 1. The van der Waals surface area contributed by atoms with Gasteiger partial charge in [0.2, 0.25) is 0 Å². The second kappa shape index (κ2) is 7.05. The summed E-state index contributed by atoms with van der Waals surface area (Å²) >= 11 is 0. The van der Waals surface area contributed by atoms with Crippen LogP contribution in [0.3, 0.4) is 0 Å². The van der Waals surface area contributed by atoms with Gasteiger partial charge >= 0.3 is 9.28 Å². The van der Waals surface area contributed by atoms with E-state index in [0.717, 1.165) is 12.3 Å². The lowest BCUT2D eigenvalue weighted by Crippen LogP contribution is -2.32. The summed E-state index contributed by atoms with van der Waals surface area (Å²) in [5.41, 5.74) is 0.316. The van der Waals surface area contributed by atoms with E-state index in [2.05, 4.69) is 20.8 Å². The summed E-state index contributed by atoms with van der Waals surface area (Å²) in [6.45, 7) is 7.70. The average molecular weight is 300 g/mol. The molecule has 2 fully saturated rings. The SMILES string of the molecule is CC(=O)O[SiH](OC(C)CCC1CCC2OC2C1)C(C)C. The standard InChI is InChI=1S/C15H28O4Si/c1-10(2)20(19-12(4)16)18-11(3)5-6-13-7-8-14-15(9-13)17-14/h10-11,13-15,20H,5-9H2,1-4H3. The van der Waals surface area contributed by atoms with Crippen molar-refractivity contribution < 1.29 is 18.4 Å². The van der Waals surface area contributed by atoms with E-state index in [4.69, 9.17) is 13.6 Å². The van der Waals surface area contributed by atoms with E-state index in [9.17, 15) is 4.79 Å². The highest BCUT2D eigenvalue weighted by Crippen LogP contribution is 2.41. The molecule has 1 saturated heterocycles. The van der Waals surface area contributed by atoms with Gasteiger partial charge in [-0.1, -0.05) is 13.8 Å². The monoisotopic (exact) mass is 300 g/mol. The molecule has 1 aliphatic heterocycles. The Morgan fingerprint density at radius 3 is 2.65 bits per heavy atom. The molecular weight excluding hydrogens is 272 g/mol. The number of hydrogen-bond donors (Lipinski definition) is 0. The van der Waals surface area contributed by atoms with Gasteiger partial charge in [-0.25, -0.2) is 0 Å². The van der Waals surface area contributed by atoms with E-state index in [-0.39, 0.29) is 12.1 Å². The highest BCUT2D eigenvalue weighted by molar-refractivity contribution is 6.48. The van der Waals surface area contributed by atoms with Crippen molar-refractivity contribution in [2.75, 3.05) is 0 Å². The van der Waals surface area contributed by atoms with Crippen molar-refractivity contribution in [1.82, 2.24) is 0 Å². The molecule has 1 heterocycles. The molecule has 5 atom stereocenters. The second-order valence-corrected chi connectivity index (χ2v) is 9.22. The van der Waals surface area contributed by atoms with Crippen molar-refractivity contribution in [3.8, 4) is 0 Å². The molecule has 0 aromatic heterocycles. The molecule has 0 amide bonds. The predicted molar refractivity (Wildman–Crippen MR) is 79.8 cm³/mol. The minimum atomic E-state index is -1.88. The van der Waals surface area contributed by atoms with Crippen LogP contribution in [0.15, 0.2) is 0 Å². The van der Waals surface area contributed by atoms with Crippen LogP contribution in [-0.4, -0.2) is 33.6 Å². The largest absolute Gasteiger partial charge is 0.497 e. The van der Waals surface area contributed by atoms with Gasteiger partial charge in [0.15, 0.2) is 0 Å². The molecule has 5 heteroatoms. The zero-order chi connectivity index (χ0) is 14.7. The van der Waals surface area contributed by atoms with Crippen LogP contribution in [-0.2, 0) is 18.4 Å². The topological polar surface area (TPSA) is 48.1 Å². The number of hydrogen-bond acceptors (Lipinski definition) is 4. The van der Waals surface area contributed by atoms with Gasteiger partial charge in [0.25, 0.3) is 5.97 Å². The molecule has 0 bridgehead atoms. The Morgan fingerprint density at radius 1 is 1.30 bits per heavy atom. The Morgan fingerprint density at radius 2 is 2.05 bits per heavy atom. The summed E-state index contributed by atoms with van der Waals surface area (Å²) in [4.78, 5) is 11.1. The lowest BCUT2D eigenvalue weighted by atomic mass is 9.85. The number of rotatable bonds is 7. The van der Waals surface area contributed by atoms with Gasteiger partial charge < -0.3 is 13.6 Å². The van der Waals surface area contributed by atoms with E-state index in [1.54, 1.807) is 0 Å². The number of ether oxygens (including phenoxy) is 1. The first-order chi connectivity index (χ1) is 9.45. The fourth-order valence-corrected chi connectivity index (χ4v) is 4.56. The molecule has 20 heavy (non-hydrogen) atoms. The number of carbonyl (C=O) groups is 1. The zero-order valence-corrected chi connectivity index (χ0v) is 14.3. The Kier molecular flexibility index (Phi) is 5.63. The van der Waals surface area contributed by atoms with Gasteiger partial charge in [-0.2, -0.15) is 0 Å². The highest BCUT2D eigenvalue weighted by atomic mass is 28.3. The van der Waals surface area contributed by atoms with E-state index < -0.39 is 9.28 Å². The summed E-state index contributed by atoms with van der Waals surface area (Å²) in [7, 11) is -1.88. The van der Waals surface area contributed by atoms with Crippen LogP contribution in [0, 0.1) is 5.92 Å². The molecule has 116 valence electrons. The Balaban J connectivity index is 1.67. The second-order valence-electron chi connectivity index (χ2n) is 6.64. The first kappa shape index (κ1) is 16.0. The van der Waals surface area contributed by atoms with Gasteiger partial charge in [0, 0.05) is 18.6 Å². The lowest BCUT2D eigenvalue weighted by Gasteiger charge is -2.25. The van der Waals surface area contributed by atoms with E-state index in [1.165, 1.54) is 32.6 Å².